The molecule has 1 saturated heterocycles. The van der Waals surface area contributed by atoms with E-state index in [1.165, 1.54) is 19.3 Å². The Labute approximate surface area is 127 Å². The fraction of sp³-hybridized carbons (Fsp3) is 0.588. The lowest BCUT2D eigenvalue weighted by molar-refractivity contribution is -0.118. The summed E-state index contributed by atoms with van der Waals surface area (Å²) in [5.74, 6) is 1.86. The molecule has 0 amide bonds. The zero-order chi connectivity index (χ0) is 15.1. The lowest BCUT2D eigenvalue weighted by Gasteiger charge is -2.34. The molecule has 1 atom stereocenters. The fourth-order valence-electron chi connectivity index (χ4n) is 2.77. The lowest BCUT2D eigenvalue weighted by Crippen LogP contribution is -2.43. The standard InChI is InChI=1S/C17H25NO3/c1-14(19)12-15(18-10-4-3-5-11-18)13-21-17-8-6-16(20-2)7-9-17/h6-9,15H,3-5,10-13H2,1-2H3. The third kappa shape index (κ3) is 5.05. The summed E-state index contributed by atoms with van der Waals surface area (Å²) < 4.78 is 11.0. The summed E-state index contributed by atoms with van der Waals surface area (Å²) >= 11 is 0. The van der Waals surface area contributed by atoms with Gasteiger partial charge in [0.15, 0.2) is 0 Å². The van der Waals surface area contributed by atoms with E-state index < -0.39 is 0 Å². The van der Waals surface area contributed by atoms with E-state index in [4.69, 9.17) is 9.47 Å². The van der Waals surface area contributed by atoms with Gasteiger partial charge in [0.05, 0.1) is 13.2 Å². The summed E-state index contributed by atoms with van der Waals surface area (Å²) in [5.41, 5.74) is 0. The third-order valence-electron chi connectivity index (χ3n) is 3.93. The SMILES string of the molecule is COc1ccc(OCC(CC(C)=O)N2CCCCC2)cc1. The number of nitrogens with zero attached hydrogens (tertiary/aromatic N) is 1. The van der Waals surface area contributed by atoms with Gasteiger partial charge in [0, 0.05) is 6.42 Å². The Kier molecular flexibility index (Phi) is 6.05. The zero-order valence-electron chi connectivity index (χ0n) is 13.0. The maximum absolute atomic E-state index is 11.5. The number of ketones is 1. The quantitative estimate of drug-likeness (QED) is 0.774. The van der Waals surface area contributed by atoms with Crippen molar-refractivity contribution >= 4 is 5.78 Å². The Morgan fingerprint density at radius 3 is 2.33 bits per heavy atom. The predicted octanol–water partition coefficient (Wildman–Crippen LogP) is 2.91. The Morgan fingerprint density at radius 1 is 1.14 bits per heavy atom. The molecule has 0 radical (unpaired) electrons. The van der Waals surface area contributed by atoms with Crippen LogP contribution in [-0.4, -0.2) is 43.5 Å². The van der Waals surface area contributed by atoms with Crippen LogP contribution >= 0.6 is 0 Å². The molecular weight excluding hydrogens is 266 g/mol. The minimum atomic E-state index is 0.185. The van der Waals surface area contributed by atoms with Crippen LogP contribution < -0.4 is 9.47 Å². The highest BCUT2D eigenvalue weighted by Crippen LogP contribution is 2.19. The predicted molar refractivity (Wildman–Crippen MR) is 83.0 cm³/mol. The largest absolute Gasteiger partial charge is 0.497 e. The van der Waals surface area contributed by atoms with Crippen LogP contribution in [0, 0.1) is 0 Å². The lowest BCUT2D eigenvalue weighted by atomic mass is 10.1. The average molecular weight is 291 g/mol. The summed E-state index contributed by atoms with van der Waals surface area (Å²) in [7, 11) is 1.65. The molecule has 4 heteroatoms. The molecule has 0 aliphatic carbocycles. The molecule has 1 aromatic carbocycles. The van der Waals surface area contributed by atoms with Crippen molar-refractivity contribution in [2.75, 3.05) is 26.8 Å². The Morgan fingerprint density at radius 2 is 1.76 bits per heavy atom. The van der Waals surface area contributed by atoms with Gasteiger partial charge >= 0.3 is 0 Å². The van der Waals surface area contributed by atoms with E-state index in [-0.39, 0.29) is 11.8 Å². The van der Waals surface area contributed by atoms with Crippen molar-refractivity contribution in [1.29, 1.82) is 0 Å². The monoisotopic (exact) mass is 291 g/mol. The van der Waals surface area contributed by atoms with Crippen molar-refractivity contribution in [1.82, 2.24) is 4.90 Å². The molecule has 1 aliphatic rings. The highest BCUT2D eigenvalue weighted by atomic mass is 16.5. The third-order valence-corrected chi connectivity index (χ3v) is 3.93. The minimum Gasteiger partial charge on any atom is -0.497 e. The van der Waals surface area contributed by atoms with E-state index in [9.17, 15) is 4.79 Å². The number of carbonyl (C=O) groups is 1. The molecular formula is C17H25NO3. The van der Waals surface area contributed by atoms with Gasteiger partial charge in [-0.3, -0.25) is 9.69 Å². The average Bonchev–Trinajstić information content (AvgIpc) is 2.52. The number of carbonyl (C=O) groups excluding carboxylic acids is 1. The molecule has 1 heterocycles. The van der Waals surface area contributed by atoms with Crippen molar-refractivity contribution in [2.24, 2.45) is 0 Å². The van der Waals surface area contributed by atoms with E-state index in [1.807, 2.05) is 24.3 Å². The molecule has 0 spiro atoms. The highest BCUT2D eigenvalue weighted by Gasteiger charge is 2.22. The Hall–Kier alpha value is -1.55. The molecule has 0 aromatic heterocycles. The number of rotatable bonds is 7. The summed E-state index contributed by atoms with van der Waals surface area (Å²) in [6.45, 7) is 4.37. The van der Waals surface area contributed by atoms with E-state index in [0.717, 1.165) is 24.6 Å². The second-order valence-corrected chi connectivity index (χ2v) is 5.64. The van der Waals surface area contributed by atoms with Crippen molar-refractivity contribution in [3.8, 4) is 11.5 Å². The van der Waals surface area contributed by atoms with Crippen LogP contribution in [0.25, 0.3) is 0 Å². The summed E-state index contributed by atoms with van der Waals surface area (Å²) in [6, 6.07) is 7.76. The number of piperidine rings is 1. The highest BCUT2D eigenvalue weighted by molar-refractivity contribution is 5.76. The molecule has 1 unspecified atom stereocenters. The smallest absolute Gasteiger partial charge is 0.131 e. The van der Waals surface area contributed by atoms with Gasteiger partial charge in [-0.1, -0.05) is 6.42 Å². The fourth-order valence-corrected chi connectivity index (χ4v) is 2.77. The molecule has 116 valence electrons. The van der Waals surface area contributed by atoms with E-state index in [0.29, 0.717) is 13.0 Å². The van der Waals surface area contributed by atoms with Crippen LogP contribution in [0.3, 0.4) is 0 Å². The first kappa shape index (κ1) is 15.8. The van der Waals surface area contributed by atoms with Crippen LogP contribution in [0.2, 0.25) is 0 Å². The number of hydrogen-bond acceptors (Lipinski definition) is 4. The normalized spacial score (nSPS) is 17.2. The first-order valence-electron chi connectivity index (χ1n) is 7.69. The van der Waals surface area contributed by atoms with Crippen molar-refractivity contribution in [3.63, 3.8) is 0 Å². The number of ether oxygens (including phenoxy) is 2. The molecule has 0 bridgehead atoms. The van der Waals surface area contributed by atoms with Crippen LogP contribution in [0.5, 0.6) is 11.5 Å². The molecule has 21 heavy (non-hydrogen) atoms. The van der Waals surface area contributed by atoms with Crippen molar-refractivity contribution in [3.05, 3.63) is 24.3 Å². The number of hydrogen-bond donors (Lipinski definition) is 0. The van der Waals surface area contributed by atoms with E-state index in [1.54, 1.807) is 14.0 Å². The first-order chi connectivity index (χ1) is 10.2. The van der Waals surface area contributed by atoms with Crippen LogP contribution in [0.1, 0.15) is 32.6 Å². The number of benzene rings is 1. The van der Waals surface area contributed by atoms with Gasteiger partial charge in [0.1, 0.15) is 23.9 Å². The van der Waals surface area contributed by atoms with Gasteiger partial charge < -0.3 is 9.47 Å². The van der Waals surface area contributed by atoms with Crippen LogP contribution in [0.4, 0.5) is 0 Å². The minimum absolute atomic E-state index is 0.185. The number of likely N-dealkylation sites (tertiary alicyclic amines) is 1. The van der Waals surface area contributed by atoms with Gasteiger partial charge in [-0.15, -0.1) is 0 Å². The summed E-state index contributed by atoms with van der Waals surface area (Å²) in [5, 5.41) is 0. The van der Waals surface area contributed by atoms with Crippen molar-refractivity contribution < 1.29 is 14.3 Å². The molecule has 4 nitrogen and oxygen atoms in total. The topological polar surface area (TPSA) is 38.8 Å². The van der Waals surface area contributed by atoms with Crippen molar-refractivity contribution in [2.45, 2.75) is 38.6 Å². The number of methoxy groups -OCH3 is 1. The van der Waals surface area contributed by atoms with Gasteiger partial charge in [0.2, 0.25) is 0 Å². The molecule has 0 saturated carbocycles. The molecule has 1 fully saturated rings. The zero-order valence-corrected chi connectivity index (χ0v) is 13.0. The van der Waals surface area contributed by atoms with Gasteiger partial charge in [-0.25, -0.2) is 0 Å². The molecule has 2 rings (SSSR count). The van der Waals surface area contributed by atoms with E-state index in [2.05, 4.69) is 4.90 Å². The van der Waals surface area contributed by atoms with E-state index >= 15 is 0 Å². The Balaban J connectivity index is 1.92. The van der Waals surface area contributed by atoms with Crippen LogP contribution in [-0.2, 0) is 4.79 Å². The number of Topliss-reactive ketones (excluding diaryl/α,β-unsaturated/α-hetero) is 1. The van der Waals surface area contributed by atoms with Gasteiger partial charge in [-0.2, -0.15) is 0 Å². The maximum atomic E-state index is 11.5. The molecule has 1 aliphatic heterocycles. The maximum Gasteiger partial charge on any atom is 0.131 e. The molecule has 1 aromatic rings. The van der Waals surface area contributed by atoms with Crippen LogP contribution in [0.15, 0.2) is 24.3 Å². The summed E-state index contributed by atoms with van der Waals surface area (Å²) in [4.78, 5) is 13.9. The summed E-state index contributed by atoms with van der Waals surface area (Å²) in [6.07, 6.45) is 4.30. The second-order valence-electron chi connectivity index (χ2n) is 5.64. The Bertz CT molecular complexity index is 438. The van der Waals surface area contributed by atoms with Gasteiger partial charge in [-0.05, 0) is 57.1 Å². The van der Waals surface area contributed by atoms with Gasteiger partial charge in [0.25, 0.3) is 0 Å². The molecule has 0 N–H and O–H groups in total. The first-order valence-corrected chi connectivity index (χ1v) is 7.69. The second kappa shape index (κ2) is 8.03.